The van der Waals surface area contributed by atoms with E-state index in [0.29, 0.717) is 28.6 Å². The Labute approximate surface area is 220 Å². The summed E-state index contributed by atoms with van der Waals surface area (Å²) in [5.74, 6) is 0.0778. The zero-order valence-electron chi connectivity index (χ0n) is 20.8. The standard InChI is InChI=1S/C28H26N2O7S/c1-19-11-13-22(14-12-19)38(33,34)37-26(28(31)32)17-20-7-3-5-9-24(20)36-18-21-15-16-29-27(30-21)23-8-4-6-10-25(23)35-2/h3-16,26H,17-18H2,1-2H3,(H,31,32)/t26-/m0/s1. The van der Waals surface area contributed by atoms with E-state index in [1.165, 1.54) is 12.1 Å². The number of carboxylic acid groups (broad SMARTS) is 1. The lowest BCUT2D eigenvalue weighted by molar-refractivity contribution is -0.144. The van der Waals surface area contributed by atoms with Crippen molar-refractivity contribution in [3.63, 3.8) is 0 Å². The number of aromatic nitrogens is 2. The molecule has 1 atom stereocenters. The van der Waals surface area contributed by atoms with Gasteiger partial charge in [0.05, 0.1) is 23.3 Å². The van der Waals surface area contributed by atoms with Crippen LogP contribution in [0.2, 0.25) is 0 Å². The molecule has 3 aromatic carbocycles. The van der Waals surface area contributed by atoms with Crippen molar-refractivity contribution in [1.29, 1.82) is 0 Å². The van der Waals surface area contributed by atoms with E-state index in [1.807, 2.05) is 31.2 Å². The van der Waals surface area contributed by atoms with E-state index in [4.69, 9.17) is 13.7 Å². The topological polar surface area (TPSA) is 125 Å². The summed E-state index contributed by atoms with van der Waals surface area (Å²) in [5, 5.41) is 9.71. The summed E-state index contributed by atoms with van der Waals surface area (Å²) >= 11 is 0. The number of aryl methyl sites for hydroxylation is 1. The summed E-state index contributed by atoms with van der Waals surface area (Å²) in [5.41, 5.74) is 2.65. The average Bonchev–Trinajstić information content (AvgIpc) is 2.92. The van der Waals surface area contributed by atoms with Gasteiger partial charge in [-0.2, -0.15) is 8.42 Å². The summed E-state index contributed by atoms with van der Waals surface area (Å²) in [6.07, 6.45) is -0.265. The smallest absolute Gasteiger partial charge is 0.334 e. The van der Waals surface area contributed by atoms with Crippen molar-refractivity contribution in [3.8, 4) is 22.9 Å². The van der Waals surface area contributed by atoms with Gasteiger partial charge in [-0.25, -0.2) is 14.8 Å². The number of methoxy groups -OCH3 is 1. The van der Waals surface area contributed by atoms with Crippen LogP contribution >= 0.6 is 0 Å². The zero-order chi connectivity index (χ0) is 27.1. The molecule has 0 aliphatic carbocycles. The fraction of sp³-hybridized carbons (Fsp3) is 0.179. The molecule has 1 aromatic heterocycles. The Morgan fingerprint density at radius 3 is 2.34 bits per heavy atom. The molecule has 1 N–H and O–H groups in total. The van der Waals surface area contributed by atoms with Gasteiger partial charge in [0.1, 0.15) is 18.1 Å². The fourth-order valence-corrected chi connectivity index (χ4v) is 4.71. The summed E-state index contributed by atoms with van der Waals surface area (Å²) in [6, 6.07) is 21.8. The van der Waals surface area contributed by atoms with Crippen LogP contribution in [0.15, 0.2) is 90.0 Å². The third-order valence-electron chi connectivity index (χ3n) is 5.64. The van der Waals surface area contributed by atoms with E-state index in [9.17, 15) is 18.3 Å². The van der Waals surface area contributed by atoms with E-state index < -0.39 is 22.2 Å². The molecule has 0 amide bonds. The van der Waals surface area contributed by atoms with E-state index in [-0.39, 0.29) is 17.9 Å². The third-order valence-corrected chi connectivity index (χ3v) is 6.98. The van der Waals surface area contributed by atoms with Crippen LogP contribution in [0.25, 0.3) is 11.4 Å². The third kappa shape index (κ3) is 6.53. The number of hydrogen-bond acceptors (Lipinski definition) is 8. The Kier molecular flexibility index (Phi) is 8.35. The molecule has 9 nitrogen and oxygen atoms in total. The summed E-state index contributed by atoms with van der Waals surface area (Å²) in [7, 11) is -2.72. The van der Waals surface area contributed by atoms with Gasteiger partial charge in [0, 0.05) is 12.6 Å². The van der Waals surface area contributed by atoms with Crippen molar-refractivity contribution >= 4 is 16.1 Å². The Morgan fingerprint density at radius 2 is 1.63 bits per heavy atom. The van der Waals surface area contributed by atoms with E-state index in [2.05, 4.69) is 9.97 Å². The molecule has 4 aromatic rings. The molecule has 38 heavy (non-hydrogen) atoms. The molecule has 0 saturated heterocycles. The molecule has 1 heterocycles. The summed E-state index contributed by atoms with van der Waals surface area (Å²) in [4.78, 5) is 20.7. The van der Waals surface area contributed by atoms with Crippen LogP contribution < -0.4 is 9.47 Å². The minimum Gasteiger partial charge on any atom is -0.496 e. The van der Waals surface area contributed by atoms with E-state index in [1.54, 1.807) is 55.8 Å². The Bertz CT molecular complexity index is 1520. The number of benzene rings is 3. The Hall–Kier alpha value is -4.28. The van der Waals surface area contributed by atoms with Gasteiger partial charge in [-0.3, -0.25) is 4.18 Å². The van der Waals surface area contributed by atoms with Gasteiger partial charge >= 0.3 is 5.97 Å². The molecule has 0 bridgehead atoms. The molecular formula is C28H26N2O7S. The summed E-state index contributed by atoms with van der Waals surface area (Å²) < 4.78 is 41.9. The van der Waals surface area contributed by atoms with Gasteiger partial charge in [-0.15, -0.1) is 0 Å². The molecule has 4 rings (SSSR count). The highest BCUT2D eigenvalue weighted by molar-refractivity contribution is 7.86. The van der Waals surface area contributed by atoms with Crippen molar-refractivity contribution in [2.24, 2.45) is 0 Å². The zero-order valence-corrected chi connectivity index (χ0v) is 21.6. The lowest BCUT2D eigenvalue weighted by Crippen LogP contribution is -2.29. The average molecular weight is 535 g/mol. The minimum atomic E-state index is -4.30. The lowest BCUT2D eigenvalue weighted by atomic mass is 10.1. The van der Waals surface area contributed by atoms with Crippen molar-refractivity contribution in [2.45, 2.75) is 31.0 Å². The minimum absolute atomic E-state index is 0.0714. The highest BCUT2D eigenvalue weighted by Gasteiger charge is 2.28. The number of hydrogen-bond donors (Lipinski definition) is 1. The van der Waals surface area contributed by atoms with Crippen LogP contribution in [0.1, 0.15) is 16.8 Å². The maximum absolute atomic E-state index is 12.7. The number of nitrogens with zero attached hydrogens (tertiary/aromatic N) is 2. The monoisotopic (exact) mass is 534 g/mol. The van der Waals surface area contributed by atoms with Crippen LogP contribution in [0.5, 0.6) is 11.5 Å². The van der Waals surface area contributed by atoms with Gasteiger partial charge in [-0.05, 0) is 48.9 Å². The normalized spacial score (nSPS) is 12.1. The summed E-state index contributed by atoms with van der Waals surface area (Å²) in [6.45, 7) is 1.89. The van der Waals surface area contributed by atoms with E-state index >= 15 is 0 Å². The van der Waals surface area contributed by atoms with Crippen LogP contribution in [-0.2, 0) is 32.1 Å². The highest BCUT2D eigenvalue weighted by atomic mass is 32.2. The van der Waals surface area contributed by atoms with Crippen LogP contribution in [0.3, 0.4) is 0 Å². The highest BCUT2D eigenvalue weighted by Crippen LogP contribution is 2.27. The second-order valence-corrected chi connectivity index (χ2v) is 9.93. The number of rotatable bonds is 11. The molecule has 0 radical (unpaired) electrons. The maximum Gasteiger partial charge on any atom is 0.334 e. The molecule has 0 aliphatic heterocycles. The van der Waals surface area contributed by atoms with Gasteiger partial charge in [0.2, 0.25) is 0 Å². The van der Waals surface area contributed by atoms with Gasteiger partial charge < -0.3 is 14.6 Å². The Morgan fingerprint density at radius 1 is 0.947 bits per heavy atom. The van der Waals surface area contributed by atoms with Crippen LogP contribution in [-0.4, -0.2) is 42.7 Å². The van der Waals surface area contributed by atoms with Gasteiger partial charge in [-0.1, -0.05) is 48.0 Å². The predicted molar refractivity (Wildman–Crippen MR) is 139 cm³/mol. The molecule has 10 heteroatoms. The van der Waals surface area contributed by atoms with Gasteiger partial charge in [0.25, 0.3) is 10.1 Å². The number of aliphatic carboxylic acids is 1. The molecule has 0 fully saturated rings. The maximum atomic E-state index is 12.7. The largest absolute Gasteiger partial charge is 0.496 e. The van der Waals surface area contributed by atoms with Crippen LogP contribution in [0.4, 0.5) is 0 Å². The van der Waals surface area contributed by atoms with Crippen LogP contribution in [0, 0.1) is 6.92 Å². The second-order valence-electron chi connectivity index (χ2n) is 8.36. The first-order chi connectivity index (χ1) is 18.3. The first kappa shape index (κ1) is 26.8. The number of carbonyl (C=O) groups is 1. The lowest BCUT2D eigenvalue weighted by Gasteiger charge is -2.16. The van der Waals surface area contributed by atoms with Crippen molar-refractivity contribution in [3.05, 3.63) is 102 Å². The van der Waals surface area contributed by atoms with Gasteiger partial charge in [0.15, 0.2) is 11.9 Å². The molecule has 196 valence electrons. The van der Waals surface area contributed by atoms with E-state index in [0.717, 1.165) is 11.1 Å². The number of para-hydroxylation sites is 2. The quantitative estimate of drug-likeness (QED) is 0.278. The second kappa shape index (κ2) is 11.8. The first-order valence-corrected chi connectivity index (χ1v) is 13.1. The molecule has 0 saturated carbocycles. The van der Waals surface area contributed by atoms with Crippen molar-refractivity contribution < 1.29 is 32.0 Å². The predicted octanol–water partition coefficient (Wildman–Crippen LogP) is 4.44. The molecule has 0 spiro atoms. The van der Waals surface area contributed by atoms with Crippen molar-refractivity contribution in [1.82, 2.24) is 9.97 Å². The molecule has 0 unspecified atom stereocenters. The Balaban J connectivity index is 1.50. The van der Waals surface area contributed by atoms with Crippen molar-refractivity contribution in [2.75, 3.05) is 7.11 Å². The fourth-order valence-electron chi connectivity index (χ4n) is 3.68. The number of carboxylic acids is 1. The molecule has 0 aliphatic rings. The molecular weight excluding hydrogens is 508 g/mol. The first-order valence-electron chi connectivity index (χ1n) is 11.7. The number of ether oxygens (including phenoxy) is 2. The SMILES string of the molecule is COc1ccccc1-c1nccc(COc2ccccc2C[C@H](OS(=O)(=O)c2ccc(C)cc2)C(=O)O)n1.